The molecule has 1 aromatic heterocycles. The summed E-state index contributed by atoms with van der Waals surface area (Å²) in [5.74, 6) is 0. The molecule has 0 aromatic carbocycles. The van der Waals surface area contributed by atoms with Crippen LogP contribution in [-0.4, -0.2) is 30.1 Å². The van der Waals surface area contributed by atoms with Gasteiger partial charge in [0.15, 0.2) is 5.13 Å². The van der Waals surface area contributed by atoms with Gasteiger partial charge in [-0.1, -0.05) is 6.92 Å². The van der Waals surface area contributed by atoms with Gasteiger partial charge in [0, 0.05) is 11.1 Å². The largest absolute Gasteiger partial charge is 0.360 e. The van der Waals surface area contributed by atoms with Gasteiger partial charge >= 0.3 is 15.2 Å². The molecule has 5 N–H and O–H groups in total. The third-order valence-corrected chi connectivity index (χ3v) is 6.20. The fourth-order valence-corrected chi connectivity index (χ4v) is 4.12. The zero-order valence-electron chi connectivity index (χ0n) is 8.72. The molecule has 0 saturated heterocycles. The zero-order valence-corrected chi connectivity index (χ0v) is 11.3. The predicted octanol–water partition coefficient (Wildman–Crippen LogP) is 0.756. The fourth-order valence-electron chi connectivity index (χ4n) is 1.01. The van der Waals surface area contributed by atoms with E-state index in [1.165, 1.54) is 6.20 Å². The number of nitrogens with zero attached hydrogens (tertiary/aromatic N) is 1. The van der Waals surface area contributed by atoms with E-state index in [-0.39, 0.29) is 5.13 Å². The minimum absolute atomic E-state index is 0.0681. The molecule has 0 amide bonds. The molecule has 0 aliphatic rings. The van der Waals surface area contributed by atoms with Crippen molar-refractivity contribution in [3.05, 3.63) is 11.1 Å². The SMILES string of the molecule is CCc1cnc(NC(P(=O)(O)O)P(=O)(O)O)s1. The van der Waals surface area contributed by atoms with Gasteiger partial charge in [-0.2, -0.15) is 0 Å². The van der Waals surface area contributed by atoms with E-state index >= 15 is 0 Å². The third kappa shape index (κ3) is 4.15. The molecule has 98 valence electrons. The zero-order chi connectivity index (χ0) is 13.3. The minimum Gasteiger partial charge on any atom is -0.338 e. The van der Waals surface area contributed by atoms with Gasteiger partial charge < -0.3 is 24.9 Å². The van der Waals surface area contributed by atoms with E-state index in [9.17, 15) is 9.13 Å². The topological polar surface area (TPSA) is 140 Å². The first-order chi connectivity index (χ1) is 7.64. The molecule has 0 atom stereocenters. The minimum atomic E-state index is -4.97. The third-order valence-electron chi connectivity index (χ3n) is 1.79. The molecular formula is C6H12N2O6P2S. The number of anilines is 1. The highest BCUT2D eigenvalue weighted by Crippen LogP contribution is 2.59. The first-order valence-corrected chi connectivity index (χ1v) is 8.64. The summed E-state index contributed by atoms with van der Waals surface area (Å²) in [5, 5.41) is 2.16. The summed E-state index contributed by atoms with van der Waals surface area (Å²) >= 11 is 1.08. The molecule has 1 rings (SSSR count). The lowest BCUT2D eigenvalue weighted by atomic mass is 10.4. The van der Waals surface area contributed by atoms with Crippen LogP contribution in [0, 0.1) is 0 Å². The summed E-state index contributed by atoms with van der Waals surface area (Å²) in [6.07, 6.45) is 2.15. The highest BCUT2D eigenvalue weighted by molar-refractivity contribution is 7.71. The van der Waals surface area contributed by atoms with E-state index in [1.807, 2.05) is 6.92 Å². The van der Waals surface area contributed by atoms with Crippen LogP contribution in [0.25, 0.3) is 0 Å². The van der Waals surface area contributed by atoms with E-state index in [4.69, 9.17) is 19.6 Å². The van der Waals surface area contributed by atoms with Crippen molar-refractivity contribution in [3.8, 4) is 0 Å². The molecule has 8 nitrogen and oxygen atoms in total. The lowest BCUT2D eigenvalue weighted by molar-refractivity contribution is 0.343. The molecule has 0 fully saturated rings. The van der Waals surface area contributed by atoms with Crippen molar-refractivity contribution in [2.24, 2.45) is 0 Å². The summed E-state index contributed by atoms with van der Waals surface area (Å²) in [7, 11) is -9.94. The van der Waals surface area contributed by atoms with Crippen LogP contribution < -0.4 is 5.32 Å². The Hall–Kier alpha value is -0.270. The molecule has 17 heavy (non-hydrogen) atoms. The maximum absolute atomic E-state index is 11.0. The van der Waals surface area contributed by atoms with Crippen molar-refractivity contribution in [3.63, 3.8) is 0 Å². The smallest absolute Gasteiger partial charge is 0.338 e. The highest BCUT2D eigenvalue weighted by Gasteiger charge is 2.44. The summed E-state index contributed by atoms with van der Waals surface area (Å²) < 4.78 is 22.0. The average molecular weight is 302 g/mol. The van der Waals surface area contributed by atoms with Crippen LogP contribution in [-0.2, 0) is 15.6 Å². The Morgan fingerprint density at radius 1 is 1.35 bits per heavy atom. The number of nitrogens with one attached hydrogen (secondary N) is 1. The maximum Gasteiger partial charge on any atom is 0.360 e. The lowest BCUT2D eigenvalue weighted by Crippen LogP contribution is -2.19. The van der Waals surface area contributed by atoms with E-state index < -0.39 is 20.7 Å². The summed E-state index contributed by atoms with van der Waals surface area (Å²) in [5.41, 5.74) is -2.26. The van der Waals surface area contributed by atoms with Crippen LogP contribution in [0.5, 0.6) is 0 Å². The Kier molecular flexibility index (Phi) is 4.49. The van der Waals surface area contributed by atoms with Gasteiger partial charge in [-0.15, -0.1) is 11.3 Å². The van der Waals surface area contributed by atoms with Crippen molar-refractivity contribution < 1.29 is 28.7 Å². The van der Waals surface area contributed by atoms with E-state index in [0.29, 0.717) is 6.42 Å². The first-order valence-electron chi connectivity index (χ1n) is 4.46. The number of thiazole rings is 1. The van der Waals surface area contributed by atoms with E-state index in [1.54, 1.807) is 0 Å². The lowest BCUT2D eigenvalue weighted by Gasteiger charge is -2.19. The van der Waals surface area contributed by atoms with Gasteiger partial charge in [-0.25, -0.2) is 4.98 Å². The van der Waals surface area contributed by atoms with Gasteiger partial charge in [0.25, 0.3) is 0 Å². The second-order valence-corrected chi connectivity index (χ2v) is 8.09. The quantitative estimate of drug-likeness (QED) is 0.502. The Bertz CT molecular complexity index is 457. The molecule has 1 aromatic rings. The second-order valence-electron chi connectivity index (χ2n) is 3.18. The summed E-state index contributed by atoms with van der Waals surface area (Å²) in [6, 6.07) is 0. The number of hydrogen-bond donors (Lipinski definition) is 5. The monoisotopic (exact) mass is 302 g/mol. The predicted molar refractivity (Wildman–Crippen MR) is 63.0 cm³/mol. The highest BCUT2D eigenvalue weighted by atomic mass is 32.1. The molecule has 1 heterocycles. The number of rotatable bonds is 5. The maximum atomic E-state index is 11.0. The standard InChI is InChI=1S/C6H12N2O6P2S/c1-2-4-3-7-5(17-4)8-6(15(9,10)11)16(12,13)14/h3,6H,2H2,1H3,(H,7,8)(H2,9,10,11)(H2,12,13,14). The summed E-state index contributed by atoms with van der Waals surface area (Å²) in [6.45, 7) is 1.86. The van der Waals surface area contributed by atoms with Gasteiger partial charge in [0.1, 0.15) is 0 Å². The van der Waals surface area contributed by atoms with Gasteiger partial charge in [-0.3, -0.25) is 9.13 Å². The van der Waals surface area contributed by atoms with Crippen LogP contribution in [0.15, 0.2) is 6.20 Å². The van der Waals surface area contributed by atoms with Crippen molar-refractivity contribution in [1.29, 1.82) is 0 Å². The Morgan fingerprint density at radius 3 is 2.24 bits per heavy atom. The molecule has 0 aliphatic heterocycles. The van der Waals surface area contributed by atoms with Crippen LogP contribution >= 0.6 is 26.5 Å². The van der Waals surface area contributed by atoms with E-state index in [0.717, 1.165) is 16.2 Å². The average Bonchev–Trinajstić information content (AvgIpc) is 2.58. The van der Waals surface area contributed by atoms with Crippen LogP contribution in [0.1, 0.15) is 11.8 Å². The van der Waals surface area contributed by atoms with Crippen molar-refractivity contribution in [2.45, 2.75) is 18.9 Å². The molecule has 0 radical (unpaired) electrons. The Labute approximate surface area is 101 Å². The molecule has 0 aliphatic carbocycles. The van der Waals surface area contributed by atoms with Crippen molar-refractivity contribution >= 4 is 31.7 Å². The van der Waals surface area contributed by atoms with Crippen LogP contribution in [0.4, 0.5) is 5.13 Å². The molecule has 0 bridgehead atoms. The van der Waals surface area contributed by atoms with E-state index in [2.05, 4.69) is 10.3 Å². The second kappa shape index (κ2) is 5.16. The molecular weight excluding hydrogens is 290 g/mol. The summed E-state index contributed by atoms with van der Waals surface area (Å²) in [4.78, 5) is 40.1. The molecule has 0 spiro atoms. The molecule has 0 saturated carbocycles. The number of hydrogen-bond acceptors (Lipinski definition) is 5. The Morgan fingerprint density at radius 2 is 1.88 bits per heavy atom. The molecule has 0 unspecified atom stereocenters. The van der Waals surface area contributed by atoms with Crippen molar-refractivity contribution in [1.82, 2.24) is 4.98 Å². The van der Waals surface area contributed by atoms with Gasteiger partial charge in [-0.05, 0) is 6.42 Å². The van der Waals surface area contributed by atoms with Gasteiger partial charge in [0.05, 0.1) is 0 Å². The number of aromatic nitrogens is 1. The van der Waals surface area contributed by atoms with Crippen LogP contribution in [0.3, 0.4) is 0 Å². The Balaban J connectivity index is 2.95. The first kappa shape index (κ1) is 14.8. The number of aryl methyl sites for hydroxylation is 1. The normalized spacial score (nSPS) is 13.1. The van der Waals surface area contributed by atoms with Gasteiger partial charge in [0.2, 0.25) is 5.52 Å². The van der Waals surface area contributed by atoms with Crippen molar-refractivity contribution in [2.75, 3.05) is 5.32 Å². The molecule has 11 heteroatoms. The van der Waals surface area contributed by atoms with Crippen LogP contribution in [0.2, 0.25) is 0 Å². The fraction of sp³-hybridized carbons (Fsp3) is 0.500.